The molecule has 2 heterocycles. The molecule has 6 nitrogen and oxygen atoms in total. The molecule has 1 aromatic carbocycles. The number of pyridine rings is 1. The van der Waals surface area contributed by atoms with Crippen LogP contribution in [0, 0.1) is 19.8 Å². The molecule has 0 radical (unpaired) electrons. The summed E-state index contributed by atoms with van der Waals surface area (Å²) in [7, 11) is 0. The molecule has 3 rings (SSSR count). The maximum Gasteiger partial charge on any atom is 0.359 e. The third-order valence-corrected chi connectivity index (χ3v) is 5.86. The van der Waals surface area contributed by atoms with Crippen LogP contribution in [0.2, 0.25) is 0 Å². The van der Waals surface area contributed by atoms with E-state index in [1.54, 1.807) is 27.7 Å². The number of rotatable bonds is 6. The maximum absolute atomic E-state index is 13.9. The SMILES string of the molecule is CCSc1oc2c([C@@H](C)Nc3ccc(F)nc3C(=O)OC(C)(C)C)cc(C)cc2c(=O)c1C. The van der Waals surface area contributed by atoms with Crippen LogP contribution >= 0.6 is 11.8 Å². The van der Waals surface area contributed by atoms with Gasteiger partial charge < -0.3 is 14.5 Å². The van der Waals surface area contributed by atoms with E-state index in [2.05, 4.69) is 10.3 Å². The van der Waals surface area contributed by atoms with E-state index in [1.807, 2.05) is 32.9 Å². The number of fused-ring (bicyclic) bond motifs is 1. The lowest BCUT2D eigenvalue weighted by Gasteiger charge is -2.22. The Morgan fingerprint density at radius 3 is 2.61 bits per heavy atom. The van der Waals surface area contributed by atoms with Crippen molar-refractivity contribution in [2.45, 2.75) is 65.2 Å². The molecule has 8 heteroatoms. The number of halogens is 1. The van der Waals surface area contributed by atoms with E-state index in [-0.39, 0.29) is 17.2 Å². The normalized spacial score (nSPS) is 12.6. The highest BCUT2D eigenvalue weighted by Crippen LogP contribution is 2.32. The van der Waals surface area contributed by atoms with Gasteiger partial charge in [-0.1, -0.05) is 24.8 Å². The molecule has 0 amide bonds. The Hall–Kier alpha value is -2.87. The van der Waals surface area contributed by atoms with Crippen molar-refractivity contribution < 1.29 is 18.3 Å². The standard InChI is InChI=1S/C25H29FN2O4S/c1-8-33-24-14(3)21(29)17-12-13(2)11-16(22(17)31-24)15(4)27-18-9-10-19(26)28-20(18)23(30)32-25(5,6)7/h9-12,15,27H,8H2,1-7H3/t15-/m1/s1. The van der Waals surface area contributed by atoms with Crippen LogP contribution in [-0.2, 0) is 4.74 Å². The van der Waals surface area contributed by atoms with Crippen LogP contribution in [0.15, 0.2) is 38.6 Å². The van der Waals surface area contributed by atoms with E-state index in [0.29, 0.717) is 27.3 Å². The molecule has 0 spiro atoms. The van der Waals surface area contributed by atoms with E-state index < -0.39 is 17.5 Å². The number of benzene rings is 1. The number of anilines is 1. The molecule has 176 valence electrons. The topological polar surface area (TPSA) is 81.4 Å². The number of carbonyl (C=O) groups is 1. The number of aryl methyl sites for hydroxylation is 1. The summed E-state index contributed by atoms with van der Waals surface area (Å²) in [6.45, 7) is 12.7. The Morgan fingerprint density at radius 1 is 1.27 bits per heavy atom. The Bertz CT molecular complexity index is 1260. The molecule has 0 saturated heterocycles. The Kier molecular flexibility index (Phi) is 7.17. The second-order valence-electron chi connectivity index (χ2n) is 8.91. The van der Waals surface area contributed by atoms with Crippen molar-refractivity contribution in [3.05, 3.63) is 62.8 Å². The smallest absolute Gasteiger partial charge is 0.359 e. The average Bonchev–Trinajstić information content (AvgIpc) is 2.72. The zero-order valence-electron chi connectivity index (χ0n) is 20.0. The third kappa shape index (κ3) is 5.55. The van der Waals surface area contributed by atoms with Gasteiger partial charge in [0.1, 0.15) is 11.2 Å². The first-order valence-electron chi connectivity index (χ1n) is 10.8. The first-order valence-corrected chi connectivity index (χ1v) is 11.8. The Labute approximate surface area is 196 Å². The zero-order valence-corrected chi connectivity index (χ0v) is 20.8. The molecular formula is C25H29FN2O4S. The fourth-order valence-electron chi connectivity index (χ4n) is 3.48. The molecular weight excluding hydrogens is 443 g/mol. The van der Waals surface area contributed by atoms with Gasteiger partial charge in [0.15, 0.2) is 16.2 Å². The second kappa shape index (κ2) is 9.55. The van der Waals surface area contributed by atoms with Gasteiger partial charge in [-0.15, -0.1) is 0 Å². The first kappa shape index (κ1) is 24.8. The molecule has 0 aliphatic heterocycles. The summed E-state index contributed by atoms with van der Waals surface area (Å²) in [5.41, 5.74) is 2.08. The van der Waals surface area contributed by atoms with Crippen molar-refractivity contribution in [2.75, 3.05) is 11.1 Å². The van der Waals surface area contributed by atoms with Gasteiger partial charge in [-0.05, 0) is 71.1 Å². The molecule has 0 aliphatic carbocycles. The summed E-state index contributed by atoms with van der Waals surface area (Å²) in [4.78, 5) is 29.4. The number of thioether (sulfide) groups is 1. The van der Waals surface area contributed by atoms with E-state index >= 15 is 0 Å². The van der Waals surface area contributed by atoms with Gasteiger partial charge in [-0.3, -0.25) is 4.79 Å². The highest BCUT2D eigenvalue weighted by Gasteiger charge is 2.24. The molecule has 1 atom stereocenters. The molecule has 2 aromatic heterocycles. The summed E-state index contributed by atoms with van der Waals surface area (Å²) in [6.07, 6.45) is 0. The van der Waals surface area contributed by atoms with Crippen molar-refractivity contribution >= 4 is 34.4 Å². The molecule has 0 aliphatic rings. The van der Waals surface area contributed by atoms with E-state index in [9.17, 15) is 14.0 Å². The van der Waals surface area contributed by atoms with Gasteiger partial charge in [0.05, 0.1) is 17.1 Å². The molecule has 3 aromatic rings. The number of nitrogens with one attached hydrogen (secondary N) is 1. The quantitative estimate of drug-likeness (QED) is 0.260. The first-order chi connectivity index (χ1) is 15.4. The average molecular weight is 473 g/mol. The minimum absolute atomic E-state index is 0.0674. The maximum atomic E-state index is 13.9. The van der Waals surface area contributed by atoms with Crippen LogP contribution in [0.25, 0.3) is 11.0 Å². The van der Waals surface area contributed by atoms with Gasteiger partial charge in [0.25, 0.3) is 0 Å². The molecule has 1 N–H and O–H groups in total. The monoisotopic (exact) mass is 472 g/mol. The highest BCUT2D eigenvalue weighted by atomic mass is 32.2. The van der Waals surface area contributed by atoms with Crippen LogP contribution in [0.3, 0.4) is 0 Å². The van der Waals surface area contributed by atoms with Gasteiger partial charge in [0.2, 0.25) is 5.95 Å². The predicted octanol–water partition coefficient (Wildman–Crippen LogP) is 6.18. The Balaban J connectivity index is 2.09. The van der Waals surface area contributed by atoms with Crippen molar-refractivity contribution in [2.24, 2.45) is 0 Å². The number of aromatic nitrogens is 1. The fraction of sp³-hybridized carbons (Fsp3) is 0.400. The number of carbonyl (C=O) groups excluding carboxylic acids is 1. The van der Waals surface area contributed by atoms with Crippen molar-refractivity contribution in [3.63, 3.8) is 0 Å². The van der Waals surface area contributed by atoms with E-state index in [1.165, 1.54) is 23.9 Å². The van der Waals surface area contributed by atoms with Crippen LogP contribution in [0.4, 0.5) is 10.1 Å². The van der Waals surface area contributed by atoms with Gasteiger partial charge in [0, 0.05) is 11.1 Å². The predicted molar refractivity (Wildman–Crippen MR) is 130 cm³/mol. The summed E-state index contributed by atoms with van der Waals surface area (Å²) < 4.78 is 25.4. The highest BCUT2D eigenvalue weighted by molar-refractivity contribution is 7.99. The van der Waals surface area contributed by atoms with Crippen LogP contribution < -0.4 is 10.7 Å². The van der Waals surface area contributed by atoms with Crippen LogP contribution in [0.1, 0.15) is 67.8 Å². The molecule has 0 fully saturated rings. The minimum atomic E-state index is -0.780. The zero-order chi connectivity index (χ0) is 24.5. The Morgan fingerprint density at radius 2 is 1.97 bits per heavy atom. The number of nitrogens with zero attached hydrogens (tertiary/aromatic N) is 1. The molecule has 0 saturated carbocycles. The lowest BCUT2D eigenvalue weighted by Crippen LogP contribution is -2.25. The van der Waals surface area contributed by atoms with Gasteiger partial charge in [-0.25, -0.2) is 9.78 Å². The number of esters is 1. The van der Waals surface area contributed by atoms with Crippen molar-refractivity contribution in [1.82, 2.24) is 4.98 Å². The number of hydrogen-bond donors (Lipinski definition) is 1. The lowest BCUT2D eigenvalue weighted by atomic mass is 10.0. The van der Waals surface area contributed by atoms with Gasteiger partial charge in [-0.2, -0.15) is 4.39 Å². The fourth-order valence-corrected chi connectivity index (χ4v) is 4.20. The largest absolute Gasteiger partial charge is 0.455 e. The summed E-state index contributed by atoms with van der Waals surface area (Å²) >= 11 is 1.47. The molecule has 0 bridgehead atoms. The minimum Gasteiger partial charge on any atom is -0.455 e. The summed E-state index contributed by atoms with van der Waals surface area (Å²) in [6, 6.07) is 6.00. The molecule has 0 unspecified atom stereocenters. The van der Waals surface area contributed by atoms with Crippen LogP contribution in [0.5, 0.6) is 0 Å². The third-order valence-electron chi connectivity index (χ3n) is 4.92. The van der Waals surface area contributed by atoms with E-state index in [4.69, 9.17) is 9.15 Å². The van der Waals surface area contributed by atoms with Gasteiger partial charge >= 0.3 is 5.97 Å². The summed E-state index contributed by atoms with van der Waals surface area (Å²) in [5.74, 6) is -0.738. The number of hydrogen-bond acceptors (Lipinski definition) is 7. The van der Waals surface area contributed by atoms with Crippen LogP contribution in [-0.4, -0.2) is 22.3 Å². The lowest BCUT2D eigenvalue weighted by molar-refractivity contribution is 0.00628. The second-order valence-corrected chi connectivity index (χ2v) is 10.1. The summed E-state index contributed by atoms with van der Waals surface area (Å²) in [5, 5.41) is 4.32. The molecule has 33 heavy (non-hydrogen) atoms. The van der Waals surface area contributed by atoms with Crippen molar-refractivity contribution in [1.29, 1.82) is 0 Å². The number of ether oxygens (including phenoxy) is 1. The van der Waals surface area contributed by atoms with E-state index in [0.717, 1.165) is 16.9 Å². The van der Waals surface area contributed by atoms with Crippen molar-refractivity contribution in [3.8, 4) is 0 Å².